The molecule has 0 amide bonds. The van der Waals surface area contributed by atoms with Crippen molar-refractivity contribution < 1.29 is 9.47 Å². The fourth-order valence-corrected chi connectivity index (χ4v) is 3.47. The molecular weight excluding hydrogens is 362 g/mol. The molecular formula is C24H21N3O2. The van der Waals surface area contributed by atoms with Crippen molar-refractivity contribution in [1.82, 2.24) is 9.97 Å². The second kappa shape index (κ2) is 7.89. The van der Waals surface area contributed by atoms with Crippen molar-refractivity contribution in [3.8, 4) is 22.6 Å². The minimum absolute atomic E-state index is 0.733. The highest BCUT2D eigenvalue weighted by Gasteiger charge is 2.13. The lowest BCUT2D eigenvalue weighted by Gasteiger charge is -2.27. The van der Waals surface area contributed by atoms with Gasteiger partial charge in [0.15, 0.2) is 0 Å². The largest absolute Gasteiger partial charge is 0.457 e. The smallest absolute Gasteiger partial charge is 0.148 e. The monoisotopic (exact) mass is 383 g/mol. The van der Waals surface area contributed by atoms with Crippen LogP contribution in [0, 0.1) is 0 Å². The van der Waals surface area contributed by atoms with Crippen LogP contribution in [0.1, 0.15) is 0 Å². The van der Waals surface area contributed by atoms with Crippen molar-refractivity contribution in [3.63, 3.8) is 0 Å². The maximum absolute atomic E-state index is 5.88. The first-order valence-electron chi connectivity index (χ1n) is 9.78. The van der Waals surface area contributed by atoms with Gasteiger partial charge in [-0.05, 0) is 47.5 Å². The van der Waals surface area contributed by atoms with Gasteiger partial charge in [-0.2, -0.15) is 0 Å². The highest BCUT2D eigenvalue weighted by molar-refractivity contribution is 5.82. The molecule has 1 fully saturated rings. The summed E-state index contributed by atoms with van der Waals surface area (Å²) in [5, 5.41) is 0. The van der Waals surface area contributed by atoms with Gasteiger partial charge in [-0.15, -0.1) is 0 Å². The van der Waals surface area contributed by atoms with Crippen LogP contribution in [-0.4, -0.2) is 36.3 Å². The maximum Gasteiger partial charge on any atom is 0.148 e. The molecule has 1 aromatic heterocycles. The van der Waals surface area contributed by atoms with E-state index in [0.717, 1.165) is 65.8 Å². The third-order valence-electron chi connectivity index (χ3n) is 5.03. The minimum Gasteiger partial charge on any atom is -0.457 e. The summed E-state index contributed by atoms with van der Waals surface area (Å²) in [5.41, 5.74) is 4.02. The predicted octanol–water partition coefficient (Wildman–Crippen LogP) is 4.93. The Kier molecular flexibility index (Phi) is 4.80. The Hall–Kier alpha value is -3.44. The number of hydrogen-bond acceptors (Lipinski definition) is 5. The zero-order chi connectivity index (χ0) is 19.5. The molecule has 144 valence electrons. The van der Waals surface area contributed by atoms with Crippen molar-refractivity contribution in [3.05, 3.63) is 79.0 Å². The van der Waals surface area contributed by atoms with Gasteiger partial charge in [0.05, 0.1) is 30.4 Å². The van der Waals surface area contributed by atoms with Crippen LogP contribution in [0.3, 0.4) is 0 Å². The van der Waals surface area contributed by atoms with Crippen molar-refractivity contribution in [2.75, 3.05) is 31.2 Å². The fourth-order valence-electron chi connectivity index (χ4n) is 3.47. The Labute approximate surface area is 169 Å². The highest BCUT2D eigenvalue weighted by atomic mass is 16.5. The molecule has 3 aromatic carbocycles. The van der Waals surface area contributed by atoms with E-state index in [-0.39, 0.29) is 0 Å². The summed E-state index contributed by atoms with van der Waals surface area (Å²) in [6.45, 7) is 3.17. The first-order chi connectivity index (χ1) is 14.3. The van der Waals surface area contributed by atoms with Crippen molar-refractivity contribution in [1.29, 1.82) is 0 Å². The molecule has 0 aliphatic carbocycles. The Bertz CT molecular complexity index is 1110. The lowest BCUT2D eigenvalue weighted by atomic mass is 10.0. The number of rotatable bonds is 4. The molecule has 29 heavy (non-hydrogen) atoms. The topological polar surface area (TPSA) is 47.5 Å². The van der Waals surface area contributed by atoms with Gasteiger partial charge >= 0.3 is 0 Å². The third kappa shape index (κ3) is 3.91. The van der Waals surface area contributed by atoms with E-state index in [4.69, 9.17) is 14.5 Å². The number of benzene rings is 3. The summed E-state index contributed by atoms with van der Waals surface area (Å²) in [6, 6.07) is 24.1. The van der Waals surface area contributed by atoms with Crippen LogP contribution in [0.2, 0.25) is 0 Å². The molecule has 1 aliphatic rings. The van der Waals surface area contributed by atoms with E-state index < -0.39 is 0 Å². The van der Waals surface area contributed by atoms with Crippen LogP contribution in [0.15, 0.2) is 79.0 Å². The molecule has 2 heterocycles. The van der Waals surface area contributed by atoms with Gasteiger partial charge in [-0.1, -0.05) is 36.4 Å². The lowest BCUT2D eigenvalue weighted by molar-refractivity contribution is 0.122. The predicted molar refractivity (Wildman–Crippen MR) is 115 cm³/mol. The Morgan fingerprint density at radius 2 is 1.48 bits per heavy atom. The average molecular weight is 383 g/mol. The minimum atomic E-state index is 0.733. The number of hydrogen-bond donors (Lipinski definition) is 0. The van der Waals surface area contributed by atoms with E-state index >= 15 is 0 Å². The molecule has 0 saturated carbocycles. The normalized spacial score (nSPS) is 14.1. The van der Waals surface area contributed by atoms with Crippen LogP contribution >= 0.6 is 0 Å². The van der Waals surface area contributed by atoms with Gasteiger partial charge in [0, 0.05) is 13.1 Å². The number of ether oxygens (including phenoxy) is 2. The quantitative estimate of drug-likeness (QED) is 0.500. The summed E-state index contributed by atoms with van der Waals surface area (Å²) < 4.78 is 11.3. The van der Waals surface area contributed by atoms with Gasteiger partial charge in [0.25, 0.3) is 0 Å². The molecule has 0 radical (unpaired) electrons. The summed E-state index contributed by atoms with van der Waals surface area (Å²) in [6.07, 6.45) is 1.85. The molecule has 4 aromatic rings. The first-order valence-corrected chi connectivity index (χ1v) is 9.78. The van der Waals surface area contributed by atoms with Crippen LogP contribution < -0.4 is 9.64 Å². The molecule has 5 heteroatoms. The van der Waals surface area contributed by atoms with Gasteiger partial charge in [-0.25, -0.2) is 4.98 Å². The fraction of sp³-hybridized carbons (Fsp3) is 0.167. The highest BCUT2D eigenvalue weighted by Crippen LogP contribution is 2.28. The molecule has 5 rings (SSSR count). The summed E-state index contributed by atoms with van der Waals surface area (Å²) in [4.78, 5) is 11.6. The number of para-hydroxylation sites is 1. The van der Waals surface area contributed by atoms with E-state index in [1.807, 2.05) is 54.7 Å². The van der Waals surface area contributed by atoms with E-state index in [2.05, 4.69) is 34.1 Å². The second-order valence-corrected chi connectivity index (χ2v) is 6.97. The van der Waals surface area contributed by atoms with E-state index in [0.29, 0.717) is 0 Å². The second-order valence-electron chi connectivity index (χ2n) is 6.97. The van der Waals surface area contributed by atoms with Gasteiger partial charge in [0.2, 0.25) is 0 Å². The van der Waals surface area contributed by atoms with Crippen LogP contribution in [0.5, 0.6) is 11.5 Å². The Balaban J connectivity index is 1.40. The third-order valence-corrected chi connectivity index (χ3v) is 5.03. The molecule has 0 spiro atoms. The van der Waals surface area contributed by atoms with Crippen LogP contribution in [-0.2, 0) is 4.74 Å². The zero-order valence-corrected chi connectivity index (χ0v) is 16.0. The zero-order valence-electron chi connectivity index (χ0n) is 16.0. The van der Waals surface area contributed by atoms with Crippen molar-refractivity contribution in [2.24, 2.45) is 0 Å². The number of anilines is 1. The molecule has 0 atom stereocenters. The van der Waals surface area contributed by atoms with Crippen LogP contribution in [0.4, 0.5) is 5.82 Å². The summed E-state index contributed by atoms with van der Waals surface area (Å²) in [7, 11) is 0. The maximum atomic E-state index is 5.88. The standard InChI is InChI=1S/C24H21N3O2/c1-2-4-20(5-3-1)29-21-9-6-18(7-10-21)19-8-11-22-23(16-19)26-24(17-25-22)27-12-14-28-15-13-27/h1-11,16-17H,12-15H2. The SMILES string of the molecule is c1ccc(Oc2ccc(-c3ccc4ncc(N5CCOCC5)nc4c3)cc2)cc1. The van der Waals surface area contributed by atoms with Crippen LogP contribution in [0.25, 0.3) is 22.2 Å². The number of morpholine rings is 1. The molecule has 5 nitrogen and oxygen atoms in total. The first kappa shape index (κ1) is 17.6. The van der Waals surface area contributed by atoms with E-state index in [1.165, 1.54) is 0 Å². The molecule has 0 bridgehead atoms. The van der Waals surface area contributed by atoms with Crippen molar-refractivity contribution in [2.45, 2.75) is 0 Å². The van der Waals surface area contributed by atoms with E-state index in [1.54, 1.807) is 0 Å². The number of aromatic nitrogens is 2. The molecule has 1 aliphatic heterocycles. The van der Waals surface area contributed by atoms with E-state index in [9.17, 15) is 0 Å². The molecule has 1 saturated heterocycles. The lowest BCUT2D eigenvalue weighted by Crippen LogP contribution is -2.36. The van der Waals surface area contributed by atoms with Crippen molar-refractivity contribution >= 4 is 16.9 Å². The summed E-state index contributed by atoms with van der Waals surface area (Å²) >= 11 is 0. The average Bonchev–Trinajstić information content (AvgIpc) is 2.80. The Morgan fingerprint density at radius 1 is 0.759 bits per heavy atom. The van der Waals surface area contributed by atoms with Gasteiger partial charge in [-0.3, -0.25) is 4.98 Å². The number of fused-ring (bicyclic) bond motifs is 1. The molecule has 0 unspecified atom stereocenters. The van der Waals surface area contributed by atoms with Gasteiger partial charge < -0.3 is 14.4 Å². The van der Waals surface area contributed by atoms with Gasteiger partial charge in [0.1, 0.15) is 17.3 Å². The molecule has 0 N–H and O–H groups in total. The Morgan fingerprint density at radius 3 is 2.28 bits per heavy atom. The summed E-state index contributed by atoms with van der Waals surface area (Å²) in [5.74, 6) is 2.55. The number of nitrogens with zero attached hydrogens (tertiary/aromatic N) is 3.